The highest BCUT2D eigenvalue weighted by Gasteiger charge is 2.40. The number of hydrazine groups is 1. The minimum absolute atomic E-state index is 0.232. The highest BCUT2D eigenvalue weighted by Crippen LogP contribution is 2.40. The molecule has 6 heteroatoms. The summed E-state index contributed by atoms with van der Waals surface area (Å²) in [6.07, 6.45) is 4.18. The van der Waals surface area contributed by atoms with Crippen LogP contribution in [0.15, 0.2) is 4.52 Å². The monoisotopic (exact) mass is 212 g/mol. The molecular formula is C9H16N4O2. The first kappa shape index (κ1) is 10.4. The van der Waals surface area contributed by atoms with Crippen LogP contribution in [0, 0.1) is 0 Å². The second kappa shape index (κ2) is 4.16. The number of nitrogens with two attached hydrogens (primary N) is 1. The Kier molecular flexibility index (Phi) is 2.88. The van der Waals surface area contributed by atoms with Crippen molar-refractivity contribution in [1.29, 1.82) is 0 Å². The molecule has 84 valence electrons. The van der Waals surface area contributed by atoms with Crippen molar-refractivity contribution in [3.05, 3.63) is 5.82 Å². The van der Waals surface area contributed by atoms with Crippen LogP contribution in [-0.2, 0) is 10.3 Å². The first-order valence-corrected chi connectivity index (χ1v) is 5.25. The maximum absolute atomic E-state index is 5.78. The predicted molar refractivity (Wildman–Crippen MR) is 53.9 cm³/mol. The number of nitrogens with zero attached hydrogens (tertiary/aromatic N) is 2. The molecule has 0 unspecified atom stereocenters. The Morgan fingerprint density at radius 3 is 2.80 bits per heavy atom. The van der Waals surface area contributed by atoms with E-state index in [-0.39, 0.29) is 11.6 Å². The standard InChI is InChI=1S/C9H16N4O2/c1-2-14-9(5-3-4-6-9)7-11-8(12-10)15-13-7/h2-6,10H2,1H3,(H,11,12,13). The van der Waals surface area contributed by atoms with Crippen LogP contribution in [0.1, 0.15) is 38.4 Å². The first-order valence-electron chi connectivity index (χ1n) is 5.25. The Bertz CT molecular complexity index is 320. The SMILES string of the molecule is CCOC1(c2noc(NN)n2)CCCC1. The van der Waals surface area contributed by atoms with Crippen LogP contribution >= 0.6 is 0 Å². The van der Waals surface area contributed by atoms with Crippen molar-refractivity contribution in [2.75, 3.05) is 12.0 Å². The molecule has 0 bridgehead atoms. The van der Waals surface area contributed by atoms with E-state index in [1.165, 1.54) is 0 Å². The fourth-order valence-corrected chi connectivity index (χ4v) is 2.12. The van der Waals surface area contributed by atoms with Crippen LogP contribution in [0.5, 0.6) is 0 Å². The zero-order valence-corrected chi connectivity index (χ0v) is 8.82. The topological polar surface area (TPSA) is 86.2 Å². The number of aromatic nitrogens is 2. The fraction of sp³-hybridized carbons (Fsp3) is 0.778. The second-order valence-corrected chi connectivity index (χ2v) is 3.70. The number of ether oxygens (including phenoxy) is 1. The Hall–Kier alpha value is -1.14. The highest BCUT2D eigenvalue weighted by atomic mass is 16.5. The van der Waals surface area contributed by atoms with Crippen molar-refractivity contribution in [3.8, 4) is 0 Å². The number of rotatable bonds is 4. The number of hydrogen-bond donors (Lipinski definition) is 2. The summed E-state index contributed by atoms with van der Waals surface area (Å²) in [5, 5.41) is 3.91. The minimum Gasteiger partial charge on any atom is -0.367 e. The van der Waals surface area contributed by atoms with Crippen LogP contribution in [0.3, 0.4) is 0 Å². The smallest absolute Gasteiger partial charge is 0.335 e. The molecule has 0 spiro atoms. The van der Waals surface area contributed by atoms with Crippen LogP contribution < -0.4 is 11.3 Å². The van der Waals surface area contributed by atoms with Crippen LogP contribution in [0.4, 0.5) is 6.01 Å². The summed E-state index contributed by atoms with van der Waals surface area (Å²) < 4.78 is 10.7. The van der Waals surface area contributed by atoms with Gasteiger partial charge in [-0.1, -0.05) is 5.16 Å². The highest BCUT2D eigenvalue weighted by molar-refractivity contribution is 5.18. The molecule has 1 aromatic heterocycles. The molecule has 0 aromatic carbocycles. The lowest BCUT2D eigenvalue weighted by Crippen LogP contribution is -2.27. The van der Waals surface area contributed by atoms with Gasteiger partial charge >= 0.3 is 6.01 Å². The van der Waals surface area contributed by atoms with E-state index in [1.807, 2.05) is 6.92 Å². The summed E-state index contributed by atoms with van der Waals surface area (Å²) in [6.45, 7) is 2.63. The number of anilines is 1. The molecule has 0 radical (unpaired) electrons. The Balaban J connectivity index is 2.23. The second-order valence-electron chi connectivity index (χ2n) is 3.70. The quantitative estimate of drug-likeness (QED) is 0.575. The van der Waals surface area contributed by atoms with Gasteiger partial charge in [-0.2, -0.15) is 4.98 Å². The molecule has 0 amide bonds. The average molecular weight is 212 g/mol. The van der Waals surface area contributed by atoms with E-state index in [1.54, 1.807) is 0 Å². The average Bonchev–Trinajstić information content (AvgIpc) is 2.85. The largest absolute Gasteiger partial charge is 0.367 e. The molecule has 1 aromatic rings. The molecule has 0 aliphatic heterocycles. The molecule has 0 saturated heterocycles. The summed E-state index contributed by atoms with van der Waals surface area (Å²) >= 11 is 0. The zero-order valence-electron chi connectivity index (χ0n) is 8.82. The molecule has 1 heterocycles. The van der Waals surface area contributed by atoms with Crippen molar-refractivity contribution in [3.63, 3.8) is 0 Å². The van der Waals surface area contributed by atoms with Crippen LogP contribution in [0.25, 0.3) is 0 Å². The maximum Gasteiger partial charge on any atom is 0.335 e. The van der Waals surface area contributed by atoms with Gasteiger partial charge in [-0.25, -0.2) is 5.84 Å². The van der Waals surface area contributed by atoms with E-state index in [0.717, 1.165) is 25.7 Å². The molecule has 1 fully saturated rings. The van der Waals surface area contributed by atoms with Crippen molar-refractivity contribution in [2.45, 2.75) is 38.2 Å². The van der Waals surface area contributed by atoms with E-state index in [2.05, 4.69) is 15.6 Å². The van der Waals surface area contributed by atoms with Gasteiger partial charge in [-0.15, -0.1) is 0 Å². The van der Waals surface area contributed by atoms with E-state index in [0.29, 0.717) is 12.4 Å². The Morgan fingerprint density at radius 1 is 1.53 bits per heavy atom. The van der Waals surface area contributed by atoms with Crippen LogP contribution in [0.2, 0.25) is 0 Å². The van der Waals surface area contributed by atoms with Gasteiger partial charge in [0.2, 0.25) is 5.82 Å². The summed E-state index contributed by atoms with van der Waals surface area (Å²) in [7, 11) is 0. The third-order valence-corrected chi connectivity index (χ3v) is 2.79. The van der Waals surface area contributed by atoms with Gasteiger partial charge in [0.15, 0.2) is 0 Å². The molecule has 1 aliphatic rings. The van der Waals surface area contributed by atoms with Crippen molar-refractivity contribution in [2.24, 2.45) is 5.84 Å². The third kappa shape index (κ3) is 1.82. The van der Waals surface area contributed by atoms with Gasteiger partial charge in [0.05, 0.1) is 0 Å². The zero-order chi connectivity index (χ0) is 10.7. The Labute approximate surface area is 88.1 Å². The van der Waals surface area contributed by atoms with E-state index in [9.17, 15) is 0 Å². The van der Waals surface area contributed by atoms with Gasteiger partial charge in [-0.05, 0) is 32.6 Å². The fourth-order valence-electron chi connectivity index (χ4n) is 2.12. The van der Waals surface area contributed by atoms with Gasteiger partial charge in [0, 0.05) is 6.61 Å². The molecule has 6 nitrogen and oxygen atoms in total. The summed E-state index contributed by atoms with van der Waals surface area (Å²) in [4.78, 5) is 4.16. The lowest BCUT2D eigenvalue weighted by atomic mass is 10.0. The molecule has 1 aliphatic carbocycles. The normalized spacial score (nSPS) is 19.3. The molecule has 15 heavy (non-hydrogen) atoms. The predicted octanol–water partition coefficient (Wildman–Crippen LogP) is 1.16. The van der Waals surface area contributed by atoms with Gasteiger partial charge in [-0.3, -0.25) is 5.43 Å². The van der Waals surface area contributed by atoms with Gasteiger partial charge < -0.3 is 9.26 Å². The third-order valence-electron chi connectivity index (χ3n) is 2.79. The van der Waals surface area contributed by atoms with Crippen molar-refractivity contribution in [1.82, 2.24) is 10.1 Å². The van der Waals surface area contributed by atoms with Gasteiger partial charge in [0.1, 0.15) is 5.60 Å². The minimum atomic E-state index is -0.354. The molecule has 3 N–H and O–H groups in total. The van der Waals surface area contributed by atoms with E-state index >= 15 is 0 Å². The Morgan fingerprint density at radius 2 is 2.27 bits per heavy atom. The van der Waals surface area contributed by atoms with Crippen LogP contribution in [-0.4, -0.2) is 16.7 Å². The molecule has 1 saturated carbocycles. The summed E-state index contributed by atoms with van der Waals surface area (Å²) in [5.41, 5.74) is 1.98. The van der Waals surface area contributed by atoms with E-state index < -0.39 is 0 Å². The molecule has 2 rings (SSSR count). The lowest BCUT2D eigenvalue weighted by Gasteiger charge is -2.24. The number of nitrogens with one attached hydrogen (secondary N) is 1. The number of nitrogen functional groups attached to an aromatic ring is 1. The number of hydrogen-bond acceptors (Lipinski definition) is 6. The van der Waals surface area contributed by atoms with Crippen molar-refractivity contribution < 1.29 is 9.26 Å². The molecular weight excluding hydrogens is 196 g/mol. The molecule has 0 atom stereocenters. The van der Waals surface area contributed by atoms with Crippen molar-refractivity contribution >= 4 is 6.01 Å². The summed E-state index contributed by atoms with van der Waals surface area (Å²) in [6, 6.07) is 0.232. The first-order chi connectivity index (χ1) is 7.30. The van der Waals surface area contributed by atoms with E-state index in [4.69, 9.17) is 15.1 Å². The summed E-state index contributed by atoms with van der Waals surface area (Å²) in [5.74, 6) is 5.80. The maximum atomic E-state index is 5.78. The van der Waals surface area contributed by atoms with Gasteiger partial charge in [0.25, 0.3) is 0 Å². The lowest BCUT2D eigenvalue weighted by molar-refractivity contribution is -0.0469.